The van der Waals surface area contributed by atoms with E-state index in [1.807, 2.05) is 31.2 Å². The maximum atomic E-state index is 12.4. The van der Waals surface area contributed by atoms with Crippen LogP contribution in [0, 0.1) is 5.92 Å². The van der Waals surface area contributed by atoms with Crippen molar-refractivity contribution in [3.05, 3.63) is 59.7 Å². The van der Waals surface area contributed by atoms with Crippen molar-refractivity contribution in [3.8, 4) is 5.75 Å². The summed E-state index contributed by atoms with van der Waals surface area (Å²) in [5, 5.41) is 0. The first kappa shape index (κ1) is 20.4. The van der Waals surface area contributed by atoms with Crippen LogP contribution in [0.15, 0.2) is 48.5 Å². The fourth-order valence-electron chi connectivity index (χ4n) is 3.21. The lowest BCUT2D eigenvalue weighted by Gasteiger charge is -2.17. The third-order valence-electron chi connectivity index (χ3n) is 4.88. The Labute approximate surface area is 170 Å². The lowest BCUT2D eigenvalue weighted by Crippen LogP contribution is -2.45. The van der Waals surface area contributed by atoms with Gasteiger partial charge in [-0.05, 0) is 55.3 Å². The third kappa shape index (κ3) is 4.93. The van der Waals surface area contributed by atoms with Crippen molar-refractivity contribution in [2.75, 3.05) is 18.1 Å². The number of aryl methyl sites for hydroxylation is 1. The van der Waals surface area contributed by atoms with Crippen molar-refractivity contribution in [3.63, 3.8) is 0 Å². The van der Waals surface area contributed by atoms with Gasteiger partial charge in [-0.3, -0.25) is 25.2 Å². The fourth-order valence-corrected chi connectivity index (χ4v) is 3.21. The minimum absolute atomic E-state index is 0.104. The summed E-state index contributed by atoms with van der Waals surface area (Å²) < 4.78 is 5.34. The van der Waals surface area contributed by atoms with E-state index in [0.717, 1.165) is 12.1 Å². The minimum Gasteiger partial charge on any atom is -0.494 e. The summed E-state index contributed by atoms with van der Waals surface area (Å²) in [5.74, 6) is -0.770. The molecular weight excluding hydrogens is 370 g/mol. The van der Waals surface area contributed by atoms with Gasteiger partial charge in [-0.1, -0.05) is 19.1 Å². The molecule has 3 amide bonds. The number of carbonyl (C=O) groups excluding carboxylic acids is 3. The maximum Gasteiger partial charge on any atom is 0.269 e. The number of hydrogen-bond donors (Lipinski definition) is 2. The predicted octanol–water partition coefficient (Wildman–Crippen LogP) is 2.46. The van der Waals surface area contributed by atoms with E-state index >= 15 is 0 Å². The second kappa shape index (κ2) is 9.23. The van der Waals surface area contributed by atoms with Gasteiger partial charge in [0, 0.05) is 24.2 Å². The van der Waals surface area contributed by atoms with Crippen molar-refractivity contribution in [2.45, 2.75) is 26.7 Å². The van der Waals surface area contributed by atoms with Gasteiger partial charge in [0.15, 0.2) is 0 Å². The van der Waals surface area contributed by atoms with Gasteiger partial charge in [0.2, 0.25) is 11.8 Å². The summed E-state index contributed by atoms with van der Waals surface area (Å²) in [7, 11) is 0. The molecule has 152 valence electrons. The first-order chi connectivity index (χ1) is 14.0. The monoisotopic (exact) mass is 395 g/mol. The van der Waals surface area contributed by atoms with Crippen molar-refractivity contribution < 1.29 is 19.1 Å². The summed E-state index contributed by atoms with van der Waals surface area (Å²) in [6, 6.07) is 14.4. The molecule has 0 aliphatic carbocycles. The summed E-state index contributed by atoms with van der Waals surface area (Å²) in [6.07, 6.45) is 1.04. The molecule has 1 saturated heterocycles. The lowest BCUT2D eigenvalue weighted by molar-refractivity contribution is -0.126. The van der Waals surface area contributed by atoms with Crippen LogP contribution < -0.4 is 20.5 Å². The number of hydrazine groups is 1. The smallest absolute Gasteiger partial charge is 0.269 e. The van der Waals surface area contributed by atoms with Gasteiger partial charge in [-0.15, -0.1) is 0 Å². The zero-order chi connectivity index (χ0) is 20.8. The zero-order valence-corrected chi connectivity index (χ0v) is 16.6. The zero-order valence-electron chi connectivity index (χ0n) is 16.6. The van der Waals surface area contributed by atoms with Crippen LogP contribution in [0.5, 0.6) is 5.75 Å². The number of hydrogen-bond acceptors (Lipinski definition) is 4. The van der Waals surface area contributed by atoms with Gasteiger partial charge in [-0.2, -0.15) is 0 Å². The molecular formula is C22H25N3O4. The van der Waals surface area contributed by atoms with Gasteiger partial charge in [0.25, 0.3) is 5.91 Å². The molecule has 2 N–H and O–H groups in total. The summed E-state index contributed by atoms with van der Waals surface area (Å²) in [6.45, 7) is 4.78. The first-order valence-electron chi connectivity index (χ1n) is 9.74. The highest BCUT2D eigenvalue weighted by molar-refractivity contribution is 6.01. The highest BCUT2D eigenvalue weighted by Crippen LogP contribution is 2.25. The normalized spacial score (nSPS) is 15.9. The number of amides is 3. The van der Waals surface area contributed by atoms with Crippen LogP contribution in [0.1, 0.15) is 36.2 Å². The third-order valence-corrected chi connectivity index (χ3v) is 4.88. The van der Waals surface area contributed by atoms with E-state index in [0.29, 0.717) is 17.9 Å². The van der Waals surface area contributed by atoms with Gasteiger partial charge in [0.1, 0.15) is 5.75 Å². The molecule has 0 bridgehead atoms. The van der Waals surface area contributed by atoms with Crippen LogP contribution in [-0.2, 0) is 16.0 Å². The molecule has 1 aliphatic heterocycles. The number of nitrogens with one attached hydrogen (secondary N) is 2. The molecule has 29 heavy (non-hydrogen) atoms. The summed E-state index contributed by atoms with van der Waals surface area (Å²) in [5.41, 5.74) is 7.19. The first-order valence-corrected chi connectivity index (χ1v) is 9.74. The number of benzene rings is 2. The Kier molecular flexibility index (Phi) is 6.49. The highest BCUT2D eigenvalue weighted by Gasteiger charge is 2.35. The van der Waals surface area contributed by atoms with E-state index in [1.54, 1.807) is 29.2 Å². The average molecular weight is 395 g/mol. The second-order valence-corrected chi connectivity index (χ2v) is 6.83. The van der Waals surface area contributed by atoms with Crippen molar-refractivity contribution in [2.24, 2.45) is 5.92 Å². The molecule has 2 aromatic carbocycles. The van der Waals surface area contributed by atoms with Crippen LogP contribution in [0.4, 0.5) is 5.69 Å². The standard InChI is InChI=1S/C22H25N3O4/c1-3-15-5-9-18(10-6-15)25-14-17(13-20(25)26)22(28)24-23-21(27)16-7-11-19(12-8-16)29-4-2/h5-12,17H,3-4,13-14H2,1-2H3,(H,23,27)(H,24,28)/t17-/m0/s1. The quantitative estimate of drug-likeness (QED) is 0.736. The summed E-state index contributed by atoms with van der Waals surface area (Å²) in [4.78, 5) is 38.6. The number of nitrogens with zero attached hydrogens (tertiary/aromatic N) is 1. The van der Waals surface area contributed by atoms with Crippen LogP contribution >= 0.6 is 0 Å². The summed E-state index contributed by atoms with van der Waals surface area (Å²) >= 11 is 0. The van der Waals surface area contributed by atoms with E-state index in [9.17, 15) is 14.4 Å². The number of rotatable bonds is 6. The average Bonchev–Trinajstić information content (AvgIpc) is 3.14. The Morgan fingerprint density at radius 2 is 1.72 bits per heavy atom. The molecule has 0 saturated carbocycles. The minimum atomic E-state index is -0.519. The Morgan fingerprint density at radius 1 is 1.03 bits per heavy atom. The maximum absolute atomic E-state index is 12.4. The Morgan fingerprint density at radius 3 is 2.34 bits per heavy atom. The Bertz CT molecular complexity index is 878. The number of ether oxygens (including phenoxy) is 1. The molecule has 1 atom stereocenters. The number of carbonyl (C=O) groups is 3. The molecule has 3 rings (SSSR count). The molecule has 7 heteroatoms. The van der Waals surface area contributed by atoms with Crippen LogP contribution in [0.3, 0.4) is 0 Å². The van der Waals surface area contributed by atoms with Crippen LogP contribution in [0.25, 0.3) is 0 Å². The number of anilines is 1. The van der Waals surface area contributed by atoms with E-state index in [4.69, 9.17) is 4.74 Å². The topological polar surface area (TPSA) is 87.7 Å². The molecule has 7 nitrogen and oxygen atoms in total. The molecule has 0 aromatic heterocycles. The fraction of sp³-hybridized carbons (Fsp3) is 0.318. The van der Waals surface area contributed by atoms with E-state index < -0.39 is 11.8 Å². The van der Waals surface area contributed by atoms with Crippen LogP contribution in [-0.4, -0.2) is 30.9 Å². The molecule has 2 aromatic rings. The van der Waals surface area contributed by atoms with Crippen LogP contribution in [0.2, 0.25) is 0 Å². The van der Waals surface area contributed by atoms with Gasteiger partial charge in [0.05, 0.1) is 12.5 Å². The molecule has 1 fully saturated rings. The Balaban J connectivity index is 1.54. The lowest BCUT2D eigenvalue weighted by atomic mass is 10.1. The molecule has 0 spiro atoms. The van der Waals surface area contributed by atoms with Crippen molar-refractivity contribution in [1.82, 2.24) is 10.9 Å². The SMILES string of the molecule is CCOc1ccc(C(=O)NNC(=O)[C@H]2CC(=O)N(c3ccc(CC)cc3)C2)cc1. The van der Waals surface area contributed by atoms with Crippen molar-refractivity contribution in [1.29, 1.82) is 0 Å². The predicted molar refractivity (Wildman–Crippen MR) is 109 cm³/mol. The highest BCUT2D eigenvalue weighted by atomic mass is 16.5. The van der Waals surface area contributed by atoms with Gasteiger partial charge in [-0.25, -0.2) is 0 Å². The molecule has 1 heterocycles. The Hall–Kier alpha value is -3.35. The largest absolute Gasteiger partial charge is 0.494 e. The second-order valence-electron chi connectivity index (χ2n) is 6.83. The van der Waals surface area contributed by atoms with E-state index in [2.05, 4.69) is 17.8 Å². The molecule has 0 unspecified atom stereocenters. The van der Waals surface area contributed by atoms with E-state index in [-0.39, 0.29) is 24.8 Å². The van der Waals surface area contributed by atoms with E-state index in [1.165, 1.54) is 5.56 Å². The molecule has 0 radical (unpaired) electrons. The van der Waals surface area contributed by atoms with Gasteiger partial charge >= 0.3 is 0 Å². The molecule has 1 aliphatic rings. The van der Waals surface area contributed by atoms with Gasteiger partial charge < -0.3 is 9.64 Å². The van der Waals surface area contributed by atoms with Crippen molar-refractivity contribution >= 4 is 23.4 Å².